The summed E-state index contributed by atoms with van der Waals surface area (Å²) >= 11 is 1.30. The zero-order valence-corrected chi connectivity index (χ0v) is 10.4. The molecule has 0 atom stereocenters. The maximum absolute atomic E-state index is 11.4. The summed E-state index contributed by atoms with van der Waals surface area (Å²) in [7, 11) is 0. The first-order valence-corrected chi connectivity index (χ1v) is 6.08. The topological polar surface area (TPSA) is 80.0 Å². The highest BCUT2D eigenvalue weighted by Gasteiger charge is 2.03. The van der Waals surface area contributed by atoms with Crippen molar-refractivity contribution >= 4 is 28.3 Å². The van der Waals surface area contributed by atoms with Crippen LogP contribution in [0.2, 0.25) is 0 Å². The van der Waals surface area contributed by atoms with E-state index in [1.807, 2.05) is 0 Å². The minimum Gasteiger partial charge on any atom is -0.383 e. The number of nitrogens with zero attached hydrogens (tertiary/aromatic N) is 1. The smallest absolute Gasteiger partial charge is 0.221 e. The highest BCUT2D eigenvalue weighted by molar-refractivity contribution is 7.10. The Kier molecular flexibility index (Phi) is 5.04. The summed E-state index contributed by atoms with van der Waals surface area (Å²) in [5, 5.41) is 6.85. The molecule has 0 saturated carbocycles. The molecule has 0 spiro atoms. The fourth-order valence-electron chi connectivity index (χ4n) is 1.08. The van der Waals surface area contributed by atoms with Crippen molar-refractivity contribution in [1.82, 2.24) is 9.69 Å². The van der Waals surface area contributed by atoms with E-state index in [0.717, 1.165) is 11.5 Å². The molecule has 1 aromatic heterocycles. The SMILES string of the molecule is CC(C)CNC(=O)CCNc1cc(N)ns1. The van der Waals surface area contributed by atoms with E-state index in [0.29, 0.717) is 24.7 Å². The van der Waals surface area contributed by atoms with E-state index in [1.165, 1.54) is 11.5 Å². The number of anilines is 2. The Hall–Kier alpha value is -1.30. The molecular weight excluding hydrogens is 224 g/mol. The van der Waals surface area contributed by atoms with Crippen molar-refractivity contribution < 1.29 is 4.79 Å². The van der Waals surface area contributed by atoms with Crippen LogP contribution >= 0.6 is 11.5 Å². The van der Waals surface area contributed by atoms with Crippen molar-refractivity contribution in [1.29, 1.82) is 0 Å². The maximum Gasteiger partial charge on any atom is 0.221 e. The zero-order chi connectivity index (χ0) is 12.0. The fraction of sp³-hybridized carbons (Fsp3) is 0.600. The van der Waals surface area contributed by atoms with Gasteiger partial charge < -0.3 is 16.4 Å². The highest BCUT2D eigenvalue weighted by Crippen LogP contribution is 2.16. The lowest BCUT2D eigenvalue weighted by molar-refractivity contribution is -0.120. The Morgan fingerprint density at radius 1 is 1.62 bits per heavy atom. The minimum absolute atomic E-state index is 0.0682. The third-order valence-corrected chi connectivity index (χ3v) is 2.65. The van der Waals surface area contributed by atoms with Gasteiger partial charge in [0.05, 0.1) is 0 Å². The van der Waals surface area contributed by atoms with Crippen molar-refractivity contribution in [2.24, 2.45) is 5.92 Å². The molecule has 0 bridgehead atoms. The van der Waals surface area contributed by atoms with Crippen LogP contribution in [-0.2, 0) is 4.79 Å². The largest absolute Gasteiger partial charge is 0.383 e. The Balaban J connectivity index is 2.13. The minimum atomic E-state index is 0.0682. The summed E-state index contributed by atoms with van der Waals surface area (Å²) in [5.41, 5.74) is 5.47. The molecule has 0 radical (unpaired) electrons. The number of hydrogen-bond acceptors (Lipinski definition) is 5. The molecule has 16 heavy (non-hydrogen) atoms. The van der Waals surface area contributed by atoms with Crippen LogP contribution in [-0.4, -0.2) is 23.4 Å². The molecule has 5 nitrogen and oxygen atoms in total. The lowest BCUT2D eigenvalue weighted by Crippen LogP contribution is -2.28. The normalized spacial score (nSPS) is 10.4. The van der Waals surface area contributed by atoms with Crippen LogP contribution in [0.1, 0.15) is 20.3 Å². The molecule has 0 aliphatic carbocycles. The van der Waals surface area contributed by atoms with Gasteiger partial charge in [0.2, 0.25) is 5.91 Å². The molecule has 0 aliphatic heterocycles. The van der Waals surface area contributed by atoms with Crippen molar-refractivity contribution in [3.8, 4) is 0 Å². The quantitative estimate of drug-likeness (QED) is 0.702. The van der Waals surface area contributed by atoms with E-state index >= 15 is 0 Å². The van der Waals surface area contributed by atoms with Crippen LogP contribution in [0.25, 0.3) is 0 Å². The van der Waals surface area contributed by atoms with Crippen molar-refractivity contribution in [3.63, 3.8) is 0 Å². The van der Waals surface area contributed by atoms with E-state index < -0.39 is 0 Å². The zero-order valence-electron chi connectivity index (χ0n) is 9.62. The predicted octanol–water partition coefficient (Wildman–Crippen LogP) is 1.30. The molecule has 4 N–H and O–H groups in total. The molecule has 6 heteroatoms. The second-order valence-electron chi connectivity index (χ2n) is 3.99. The van der Waals surface area contributed by atoms with Gasteiger partial charge in [0.15, 0.2) is 0 Å². The Bertz CT molecular complexity index is 337. The molecule has 1 heterocycles. The predicted molar refractivity (Wildman–Crippen MR) is 67.5 cm³/mol. The van der Waals surface area contributed by atoms with Crippen LogP contribution in [0.4, 0.5) is 10.8 Å². The van der Waals surface area contributed by atoms with Crippen molar-refractivity contribution in [2.75, 3.05) is 24.1 Å². The van der Waals surface area contributed by atoms with Crippen LogP contribution in [0.5, 0.6) is 0 Å². The van der Waals surface area contributed by atoms with E-state index in [-0.39, 0.29) is 5.91 Å². The number of amides is 1. The molecule has 1 rings (SSSR count). The van der Waals surface area contributed by atoms with Crippen molar-refractivity contribution in [3.05, 3.63) is 6.07 Å². The fourth-order valence-corrected chi connectivity index (χ4v) is 1.67. The van der Waals surface area contributed by atoms with Gasteiger partial charge in [-0.3, -0.25) is 4.79 Å². The van der Waals surface area contributed by atoms with Gasteiger partial charge in [0, 0.05) is 25.6 Å². The lowest BCUT2D eigenvalue weighted by Gasteiger charge is -2.07. The van der Waals surface area contributed by atoms with Crippen LogP contribution in [0.15, 0.2) is 6.07 Å². The summed E-state index contributed by atoms with van der Waals surface area (Å²) in [6, 6.07) is 1.76. The number of nitrogens with one attached hydrogen (secondary N) is 2. The van der Waals surface area contributed by atoms with E-state index in [2.05, 4.69) is 28.9 Å². The third-order valence-electron chi connectivity index (χ3n) is 1.89. The molecule has 1 aromatic rings. The average molecular weight is 242 g/mol. The van der Waals surface area contributed by atoms with Gasteiger partial charge >= 0.3 is 0 Å². The summed E-state index contributed by atoms with van der Waals surface area (Å²) in [6.45, 7) is 5.47. The van der Waals surface area contributed by atoms with E-state index in [9.17, 15) is 4.79 Å². The number of nitrogens with two attached hydrogens (primary N) is 1. The molecule has 1 amide bonds. The summed E-state index contributed by atoms with van der Waals surface area (Å²) in [6.07, 6.45) is 0.463. The Morgan fingerprint density at radius 3 is 2.94 bits per heavy atom. The molecule has 0 unspecified atom stereocenters. The summed E-state index contributed by atoms with van der Waals surface area (Å²) in [4.78, 5) is 11.4. The van der Waals surface area contributed by atoms with Gasteiger partial charge in [-0.15, -0.1) is 0 Å². The van der Waals surface area contributed by atoms with Gasteiger partial charge in [-0.25, -0.2) is 0 Å². The van der Waals surface area contributed by atoms with Crippen molar-refractivity contribution in [2.45, 2.75) is 20.3 Å². The molecule has 90 valence electrons. The van der Waals surface area contributed by atoms with E-state index in [4.69, 9.17) is 5.73 Å². The van der Waals surface area contributed by atoms with Crippen LogP contribution in [0, 0.1) is 5.92 Å². The number of carbonyl (C=O) groups excluding carboxylic acids is 1. The lowest BCUT2D eigenvalue weighted by atomic mass is 10.2. The van der Waals surface area contributed by atoms with Crippen LogP contribution < -0.4 is 16.4 Å². The molecule has 0 aliphatic rings. The molecule has 0 aromatic carbocycles. The Labute approximate surface area is 99.6 Å². The number of aromatic nitrogens is 1. The third kappa shape index (κ3) is 4.97. The van der Waals surface area contributed by atoms with E-state index in [1.54, 1.807) is 6.07 Å². The Morgan fingerprint density at radius 2 is 2.38 bits per heavy atom. The van der Waals surface area contributed by atoms with Gasteiger partial charge in [-0.2, -0.15) is 4.37 Å². The van der Waals surface area contributed by atoms with Gasteiger partial charge in [-0.1, -0.05) is 13.8 Å². The highest BCUT2D eigenvalue weighted by atomic mass is 32.1. The first kappa shape index (κ1) is 12.8. The second kappa shape index (κ2) is 6.32. The molecule has 0 saturated heterocycles. The molecule has 0 fully saturated rings. The maximum atomic E-state index is 11.4. The first-order chi connectivity index (χ1) is 7.58. The number of hydrogen-bond donors (Lipinski definition) is 3. The number of rotatable bonds is 6. The summed E-state index contributed by atoms with van der Waals surface area (Å²) < 4.78 is 3.93. The standard InChI is InChI=1S/C10H18N4OS/c1-7(2)6-13-9(15)3-4-12-10-5-8(11)14-16-10/h5,7,12H,3-4,6H2,1-2H3,(H2,11,14)(H,13,15). The first-order valence-electron chi connectivity index (χ1n) is 5.30. The van der Waals surface area contributed by atoms with Gasteiger partial charge in [0.25, 0.3) is 0 Å². The average Bonchev–Trinajstić information content (AvgIpc) is 2.61. The van der Waals surface area contributed by atoms with Crippen LogP contribution in [0.3, 0.4) is 0 Å². The van der Waals surface area contributed by atoms with Gasteiger partial charge in [-0.05, 0) is 17.5 Å². The number of carbonyl (C=O) groups is 1. The van der Waals surface area contributed by atoms with Gasteiger partial charge in [0.1, 0.15) is 10.8 Å². The second-order valence-corrected chi connectivity index (χ2v) is 4.80. The monoisotopic (exact) mass is 242 g/mol. The summed E-state index contributed by atoms with van der Waals surface area (Å²) in [5.74, 6) is 1.06. The molecular formula is C10H18N4OS. The number of nitrogen functional groups attached to an aromatic ring is 1.